The molecule has 0 amide bonds. The second-order valence-corrected chi connectivity index (χ2v) is 6.04. The van der Waals surface area contributed by atoms with Crippen LogP contribution in [-0.2, 0) is 13.1 Å². The highest BCUT2D eigenvalue weighted by Gasteiger charge is 2.10. The van der Waals surface area contributed by atoms with Gasteiger partial charge in [-0.3, -0.25) is 4.90 Å². The highest BCUT2D eigenvalue weighted by atomic mass is 35.5. The molecule has 0 bridgehead atoms. The van der Waals surface area contributed by atoms with Crippen molar-refractivity contribution in [2.45, 2.75) is 26.9 Å². The Hall–Kier alpha value is -1.17. The van der Waals surface area contributed by atoms with E-state index in [1.165, 1.54) is 4.88 Å². The van der Waals surface area contributed by atoms with Gasteiger partial charge in [-0.15, -0.1) is 11.3 Å². The Morgan fingerprint density at radius 1 is 1.35 bits per heavy atom. The number of nitrogens with one attached hydrogen (secondary N) is 1. The van der Waals surface area contributed by atoms with Crippen molar-refractivity contribution in [1.82, 2.24) is 14.9 Å². The van der Waals surface area contributed by atoms with E-state index < -0.39 is 0 Å². The Morgan fingerprint density at radius 2 is 2.15 bits per heavy atom. The van der Waals surface area contributed by atoms with E-state index in [9.17, 15) is 0 Å². The van der Waals surface area contributed by atoms with Gasteiger partial charge in [0.15, 0.2) is 0 Å². The number of pyridine rings is 1. The summed E-state index contributed by atoms with van der Waals surface area (Å²) in [6.07, 6.45) is 0. The largest absolute Gasteiger partial charge is 0.370 e. The number of rotatable bonds is 6. The van der Waals surface area contributed by atoms with Crippen LogP contribution in [0, 0.1) is 6.92 Å². The highest BCUT2D eigenvalue weighted by Crippen LogP contribution is 2.20. The number of thiazole rings is 1. The van der Waals surface area contributed by atoms with Crippen molar-refractivity contribution in [3.8, 4) is 0 Å². The van der Waals surface area contributed by atoms with Crippen LogP contribution in [0.25, 0.3) is 0 Å². The first kappa shape index (κ1) is 15.2. The lowest BCUT2D eigenvalue weighted by atomic mass is 10.3. The number of anilines is 1. The number of aromatic nitrogens is 2. The van der Waals surface area contributed by atoms with Gasteiger partial charge >= 0.3 is 0 Å². The Labute approximate surface area is 128 Å². The van der Waals surface area contributed by atoms with Crippen molar-refractivity contribution in [1.29, 1.82) is 0 Å². The quantitative estimate of drug-likeness (QED) is 0.885. The van der Waals surface area contributed by atoms with Crippen LogP contribution in [0.5, 0.6) is 0 Å². The number of nitrogens with zero attached hydrogens (tertiary/aromatic N) is 3. The third kappa shape index (κ3) is 3.91. The van der Waals surface area contributed by atoms with Gasteiger partial charge in [0.25, 0.3) is 0 Å². The maximum absolute atomic E-state index is 6.23. The standard InChI is InChI=1S/C14H19ClN4S/c1-4-16-14-6-5-11(15)12(18-14)7-19(3)8-13-10(2)17-9-20-13/h5-6,9H,4,7-8H2,1-3H3,(H,16,18). The van der Waals surface area contributed by atoms with Crippen LogP contribution in [0.3, 0.4) is 0 Å². The highest BCUT2D eigenvalue weighted by molar-refractivity contribution is 7.09. The van der Waals surface area contributed by atoms with Crippen LogP contribution in [-0.4, -0.2) is 28.5 Å². The second kappa shape index (κ2) is 7.02. The van der Waals surface area contributed by atoms with Gasteiger partial charge in [0.1, 0.15) is 5.82 Å². The van der Waals surface area contributed by atoms with Crippen LogP contribution in [0.2, 0.25) is 5.02 Å². The molecule has 0 atom stereocenters. The van der Waals surface area contributed by atoms with Gasteiger partial charge in [-0.05, 0) is 33.0 Å². The Bertz CT molecular complexity index is 570. The molecule has 4 nitrogen and oxygen atoms in total. The minimum Gasteiger partial charge on any atom is -0.370 e. The average Bonchev–Trinajstić information content (AvgIpc) is 2.79. The van der Waals surface area contributed by atoms with Crippen molar-refractivity contribution in [3.63, 3.8) is 0 Å². The lowest BCUT2D eigenvalue weighted by Gasteiger charge is -2.17. The van der Waals surface area contributed by atoms with E-state index in [4.69, 9.17) is 11.6 Å². The molecular weight excluding hydrogens is 292 g/mol. The molecular formula is C14H19ClN4S. The van der Waals surface area contributed by atoms with Crippen molar-refractivity contribution in [3.05, 3.63) is 38.9 Å². The number of hydrogen-bond donors (Lipinski definition) is 1. The van der Waals surface area contributed by atoms with E-state index in [1.54, 1.807) is 11.3 Å². The third-order valence-electron chi connectivity index (χ3n) is 2.95. The third-order valence-corrected chi connectivity index (χ3v) is 4.22. The molecule has 0 fully saturated rings. The van der Waals surface area contributed by atoms with E-state index in [2.05, 4.69) is 34.2 Å². The van der Waals surface area contributed by atoms with Crippen LogP contribution < -0.4 is 5.32 Å². The molecule has 2 aromatic rings. The molecule has 108 valence electrons. The molecule has 0 aliphatic carbocycles. The van der Waals surface area contributed by atoms with Gasteiger partial charge in [0.05, 0.1) is 21.9 Å². The number of aryl methyl sites for hydroxylation is 1. The lowest BCUT2D eigenvalue weighted by molar-refractivity contribution is 0.317. The number of halogens is 1. The predicted molar refractivity (Wildman–Crippen MR) is 85.4 cm³/mol. The Kier molecular flexibility index (Phi) is 5.34. The smallest absolute Gasteiger partial charge is 0.126 e. The Morgan fingerprint density at radius 3 is 2.80 bits per heavy atom. The summed E-state index contributed by atoms with van der Waals surface area (Å²) in [7, 11) is 2.07. The first-order valence-electron chi connectivity index (χ1n) is 6.57. The van der Waals surface area contributed by atoms with E-state index >= 15 is 0 Å². The molecule has 0 radical (unpaired) electrons. The van der Waals surface area contributed by atoms with E-state index in [0.717, 1.165) is 36.8 Å². The summed E-state index contributed by atoms with van der Waals surface area (Å²) in [5.41, 5.74) is 3.88. The fraction of sp³-hybridized carbons (Fsp3) is 0.429. The lowest BCUT2D eigenvalue weighted by Crippen LogP contribution is -2.18. The van der Waals surface area contributed by atoms with E-state index in [0.29, 0.717) is 5.02 Å². The zero-order chi connectivity index (χ0) is 14.5. The van der Waals surface area contributed by atoms with Crippen LogP contribution in [0.4, 0.5) is 5.82 Å². The molecule has 0 saturated heterocycles. The summed E-state index contributed by atoms with van der Waals surface area (Å²) in [6.45, 7) is 6.52. The molecule has 20 heavy (non-hydrogen) atoms. The van der Waals surface area contributed by atoms with Crippen LogP contribution in [0.1, 0.15) is 23.2 Å². The fourth-order valence-corrected chi connectivity index (χ4v) is 2.93. The molecule has 0 unspecified atom stereocenters. The van der Waals surface area contributed by atoms with Crippen molar-refractivity contribution in [2.24, 2.45) is 0 Å². The Balaban J connectivity index is 2.05. The SMILES string of the molecule is CCNc1ccc(Cl)c(CN(C)Cc2scnc2C)n1. The topological polar surface area (TPSA) is 41.0 Å². The normalized spacial score (nSPS) is 11.1. The van der Waals surface area contributed by atoms with E-state index in [-0.39, 0.29) is 0 Å². The van der Waals surface area contributed by atoms with Crippen molar-refractivity contribution >= 4 is 28.8 Å². The first-order valence-corrected chi connectivity index (χ1v) is 7.82. The molecule has 0 aliphatic rings. The summed E-state index contributed by atoms with van der Waals surface area (Å²) in [4.78, 5) is 12.3. The molecule has 2 rings (SSSR count). The van der Waals surface area contributed by atoms with Gasteiger partial charge in [-0.25, -0.2) is 9.97 Å². The number of hydrogen-bond acceptors (Lipinski definition) is 5. The molecule has 0 aromatic carbocycles. The van der Waals surface area contributed by atoms with Gasteiger partial charge < -0.3 is 5.32 Å². The summed E-state index contributed by atoms with van der Waals surface area (Å²) >= 11 is 7.91. The summed E-state index contributed by atoms with van der Waals surface area (Å²) < 4.78 is 0. The molecule has 2 aromatic heterocycles. The van der Waals surface area contributed by atoms with Crippen molar-refractivity contribution < 1.29 is 0 Å². The van der Waals surface area contributed by atoms with E-state index in [1.807, 2.05) is 24.6 Å². The maximum Gasteiger partial charge on any atom is 0.126 e. The van der Waals surface area contributed by atoms with Crippen molar-refractivity contribution in [2.75, 3.05) is 18.9 Å². The monoisotopic (exact) mass is 310 g/mol. The maximum atomic E-state index is 6.23. The van der Waals surface area contributed by atoms with Gasteiger partial charge in [0.2, 0.25) is 0 Å². The molecule has 0 spiro atoms. The minimum atomic E-state index is 0.708. The molecule has 0 saturated carbocycles. The first-order chi connectivity index (χ1) is 9.60. The van der Waals surface area contributed by atoms with Crippen LogP contribution >= 0.6 is 22.9 Å². The molecule has 6 heteroatoms. The minimum absolute atomic E-state index is 0.708. The second-order valence-electron chi connectivity index (χ2n) is 4.69. The molecule has 0 aliphatic heterocycles. The van der Waals surface area contributed by atoms with Gasteiger partial charge in [-0.2, -0.15) is 0 Å². The summed E-state index contributed by atoms with van der Waals surface area (Å²) in [5.74, 6) is 0.870. The summed E-state index contributed by atoms with van der Waals surface area (Å²) in [5, 5.41) is 3.91. The zero-order valence-corrected chi connectivity index (χ0v) is 13.6. The predicted octanol–water partition coefficient (Wildman–Crippen LogP) is 3.56. The average molecular weight is 311 g/mol. The van der Waals surface area contributed by atoms with Crippen LogP contribution in [0.15, 0.2) is 17.6 Å². The zero-order valence-electron chi connectivity index (χ0n) is 12.0. The fourth-order valence-electron chi connectivity index (χ4n) is 1.91. The molecule has 2 heterocycles. The van der Waals surface area contributed by atoms with Gasteiger partial charge in [-0.1, -0.05) is 11.6 Å². The summed E-state index contributed by atoms with van der Waals surface area (Å²) in [6, 6.07) is 3.80. The van der Waals surface area contributed by atoms with Gasteiger partial charge in [0, 0.05) is 24.5 Å². The molecule has 1 N–H and O–H groups in total.